The minimum atomic E-state index is 0.0643. The molecule has 0 N–H and O–H groups in total. The number of likely N-dealkylation sites (tertiary alicyclic amines) is 1. The Morgan fingerprint density at radius 2 is 1.78 bits per heavy atom. The van der Waals surface area contributed by atoms with Crippen LogP contribution in [-0.4, -0.2) is 38.5 Å². The summed E-state index contributed by atoms with van der Waals surface area (Å²) in [5, 5.41) is 4.68. The van der Waals surface area contributed by atoms with Crippen molar-refractivity contribution < 1.29 is 4.79 Å². The first-order valence-corrected chi connectivity index (χ1v) is 10.8. The van der Waals surface area contributed by atoms with Gasteiger partial charge in [-0.25, -0.2) is 9.50 Å². The molecule has 1 saturated carbocycles. The molecule has 2 fully saturated rings. The van der Waals surface area contributed by atoms with E-state index in [9.17, 15) is 4.79 Å². The van der Waals surface area contributed by atoms with Crippen LogP contribution in [0.2, 0.25) is 0 Å². The van der Waals surface area contributed by atoms with Crippen LogP contribution < -0.4 is 0 Å². The van der Waals surface area contributed by atoms with E-state index < -0.39 is 0 Å². The van der Waals surface area contributed by atoms with Gasteiger partial charge in [-0.05, 0) is 37.2 Å². The van der Waals surface area contributed by atoms with E-state index in [1.807, 2.05) is 15.5 Å². The fourth-order valence-corrected chi connectivity index (χ4v) is 4.62. The topological polar surface area (TPSA) is 50.5 Å². The summed E-state index contributed by atoms with van der Waals surface area (Å²) in [6, 6.07) is 4.11. The first-order chi connectivity index (χ1) is 13.1. The Hall–Kier alpha value is -1.91. The fourth-order valence-electron chi connectivity index (χ4n) is 4.62. The largest absolute Gasteiger partial charge is 0.337 e. The van der Waals surface area contributed by atoms with Gasteiger partial charge in [-0.3, -0.25) is 4.79 Å². The molecule has 27 heavy (non-hydrogen) atoms. The van der Waals surface area contributed by atoms with Gasteiger partial charge in [0.2, 0.25) is 0 Å². The van der Waals surface area contributed by atoms with Crippen molar-refractivity contribution in [2.24, 2.45) is 5.92 Å². The molecule has 1 aliphatic heterocycles. The van der Waals surface area contributed by atoms with E-state index in [2.05, 4.69) is 25.0 Å². The second-order valence-corrected chi connectivity index (χ2v) is 8.69. The van der Waals surface area contributed by atoms with Crippen molar-refractivity contribution in [3.63, 3.8) is 0 Å². The van der Waals surface area contributed by atoms with Crippen LogP contribution in [0.1, 0.15) is 93.0 Å². The van der Waals surface area contributed by atoms with Gasteiger partial charge in [0.1, 0.15) is 0 Å². The lowest BCUT2D eigenvalue weighted by Gasteiger charge is -2.18. The number of nitrogens with zero attached hydrogens (tertiary/aromatic N) is 4. The Bertz CT molecular complexity index is 796. The summed E-state index contributed by atoms with van der Waals surface area (Å²) < 4.78 is 1.90. The summed E-state index contributed by atoms with van der Waals surface area (Å²) in [4.78, 5) is 19.8. The Morgan fingerprint density at radius 1 is 1.07 bits per heavy atom. The third-order valence-corrected chi connectivity index (χ3v) is 6.18. The zero-order chi connectivity index (χ0) is 18.8. The molecule has 2 aromatic rings. The van der Waals surface area contributed by atoms with Gasteiger partial charge in [-0.1, -0.05) is 52.4 Å². The molecule has 0 bridgehead atoms. The fraction of sp³-hybridized carbons (Fsp3) is 0.682. The number of hydrogen-bond acceptors (Lipinski definition) is 3. The highest BCUT2D eigenvalue weighted by Gasteiger charge is 2.23. The molecule has 0 spiro atoms. The zero-order valence-corrected chi connectivity index (χ0v) is 16.8. The third-order valence-electron chi connectivity index (χ3n) is 6.18. The van der Waals surface area contributed by atoms with Gasteiger partial charge >= 0.3 is 0 Å². The molecule has 0 aromatic carbocycles. The van der Waals surface area contributed by atoms with Gasteiger partial charge in [0.25, 0.3) is 5.91 Å². The molecule has 2 aliphatic rings. The summed E-state index contributed by atoms with van der Waals surface area (Å²) >= 11 is 0. The summed E-state index contributed by atoms with van der Waals surface area (Å²) in [5.74, 6) is 1.18. The van der Waals surface area contributed by atoms with Crippen LogP contribution in [-0.2, 0) is 6.42 Å². The maximum atomic E-state index is 13.0. The first-order valence-electron chi connectivity index (χ1n) is 10.8. The van der Waals surface area contributed by atoms with Crippen molar-refractivity contribution in [3.05, 3.63) is 29.2 Å². The molecular weight excluding hydrogens is 336 g/mol. The standard InChI is InChI=1S/C22H32N4O/c1-16(2)20-14-18(13-17-9-5-6-10-17)23-21-15-19(24-26(20)21)22(27)25-11-7-3-4-8-12-25/h14-17H,3-13H2,1-2H3. The number of carbonyl (C=O) groups excluding carboxylic acids is 1. The van der Waals surface area contributed by atoms with Crippen LogP contribution >= 0.6 is 0 Å². The van der Waals surface area contributed by atoms with Gasteiger partial charge in [0, 0.05) is 30.5 Å². The highest BCUT2D eigenvalue weighted by atomic mass is 16.2. The van der Waals surface area contributed by atoms with Gasteiger partial charge in [0.15, 0.2) is 11.3 Å². The van der Waals surface area contributed by atoms with Crippen molar-refractivity contribution in [1.29, 1.82) is 0 Å². The van der Waals surface area contributed by atoms with E-state index in [0.717, 1.165) is 55.3 Å². The number of hydrogen-bond donors (Lipinski definition) is 0. The Morgan fingerprint density at radius 3 is 2.44 bits per heavy atom. The molecule has 3 heterocycles. The van der Waals surface area contributed by atoms with Crippen molar-refractivity contribution in [1.82, 2.24) is 19.5 Å². The number of fused-ring (bicyclic) bond motifs is 1. The molecule has 5 heteroatoms. The van der Waals surface area contributed by atoms with Crippen LogP contribution in [0.4, 0.5) is 0 Å². The smallest absolute Gasteiger partial charge is 0.274 e. The lowest BCUT2D eigenvalue weighted by molar-refractivity contribution is 0.0755. The molecule has 2 aromatic heterocycles. The van der Waals surface area contributed by atoms with E-state index >= 15 is 0 Å². The number of rotatable bonds is 4. The molecule has 146 valence electrons. The van der Waals surface area contributed by atoms with Crippen LogP contribution in [0.3, 0.4) is 0 Å². The van der Waals surface area contributed by atoms with E-state index in [1.165, 1.54) is 38.5 Å². The quantitative estimate of drug-likeness (QED) is 0.792. The highest BCUT2D eigenvalue weighted by molar-refractivity contribution is 5.93. The Labute approximate surface area is 162 Å². The summed E-state index contributed by atoms with van der Waals surface area (Å²) in [6.45, 7) is 6.08. The third kappa shape index (κ3) is 4.02. The molecule has 1 saturated heterocycles. The number of carbonyl (C=O) groups is 1. The molecule has 0 unspecified atom stereocenters. The van der Waals surface area contributed by atoms with Gasteiger partial charge < -0.3 is 4.90 Å². The maximum absolute atomic E-state index is 13.0. The first kappa shape index (κ1) is 18.5. The predicted octanol–water partition coefficient (Wildman–Crippen LogP) is 4.60. The van der Waals surface area contributed by atoms with Crippen molar-refractivity contribution >= 4 is 11.6 Å². The minimum absolute atomic E-state index is 0.0643. The zero-order valence-electron chi connectivity index (χ0n) is 16.8. The summed E-state index contributed by atoms with van der Waals surface area (Å²) in [7, 11) is 0. The van der Waals surface area contributed by atoms with Crippen LogP contribution in [0, 0.1) is 5.92 Å². The summed E-state index contributed by atoms with van der Waals surface area (Å²) in [5.41, 5.74) is 3.69. The Kier molecular flexibility index (Phi) is 5.46. The molecule has 0 atom stereocenters. The monoisotopic (exact) mass is 368 g/mol. The predicted molar refractivity (Wildman–Crippen MR) is 107 cm³/mol. The number of aromatic nitrogens is 3. The molecule has 1 amide bonds. The van der Waals surface area contributed by atoms with Gasteiger partial charge in [-0.15, -0.1) is 0 Å². The number of amides is 1. The minimum Gasteiger partial charge on any atom is -0.337 e. The SMILES string of the molecule is CC(C)c1cc(CC2CCCC2)nc2cc(C(=O)N3CCCCCC3)nn12. The second-order valence-electron chi connectivity index (χ2n) is 8.69. The second kappa shape index (κ2) is 7.99. The average Bonchev–Trinajstić information content (AvgIpc) is 3.23. The molecule has 5 nitrogen and oxygen atoms in total. The molecule has 4 rings (SSSR count). The van der Waals surface area contributed by atoms with Crippen LogP contribution in [0.25, 0.3) is 5.65 Å². The average molecular weight is 369 g/mol. The normalized spacial score (nSPS) is 19.1. The lowest BCUT2D eigenvalue weighted by Crippen LogP contribution is -2.32. The highest BCUT2D eigenvalue weighted by Crippen LogP contribution is 2.29. The lowest BCUT2D eigenvalue weighted by atomic mass is 10.00. The maximum Gasteiger partial charge on any atom is 0.274 e. The van der Waals surface area contributed by atoms with Gasteiger partial charge in [-0.2, -0.15) is 5.10 Å². The van der Waals surface area contributed by atoms with E-state index in [4.69, 9.17) is 4.98 Å². The van der Waals surface area contributed by atoms with Crippen molar-refractivity contribution in [2.75, 3.05) is 13.1 Å². The van der Waals surface area contributed by atoms with E-state index in [0.29, 0.717) is 11.6 Å². The summed E-state index contributed by atoms with van der Waals surface area (Å²) in [6.07, 6.45) is 11.0. The molecular formula is C22H32N4O. The Balaban J connectivity index is 1.65. The van der Waals surface area contributed by atoms with Crippen molar-refractivity contribution in [2.45, 2.75) is 77.6 Å². The van der Waals surface area contributed by atoms with Crippen molar-refractivity contribution in [3.8, 4) is 0 Å². The van der Waals surface area contributed by atoms with Crippen LogP contribution in [0.5, 0.6) is 0 Å². The van der Waals surface area contributed by atoms with E-state index in [1.54, 1.807) is 0 Å². The van der Waals surface area contributed by atoms with Crippen LogP contribution in [0.15, 0.2) is 12.1 Å². The van der Waals surface area contributed by atoms with E-state index in [-0.39, 0.29) is 5.91 Å². The van der Waals surface area contributed by atoms with Gasteiger partial charge in [0.05, 0.1) is 0 Å². The molecule has 0 radical (unpaired) electrons. The molecule has 1 aliphatic carbocycles.